The molecule has 0 bridgehead atoms. The van der Waals surface area contributed by atoms with Gasteiger partial charge < -0.3 is 9.73 Å². The highest BCUT2D eigenvalue weighted by atomic mass is 16.3. The molecule has 2 heteroatoms. The van der Waals surface area contributed by atoms with Gasteiger partial charge in [-0.15, -0.1) is 0 Å². The fraction of sp³-hybridized carbons (Fsp3) is 0.733. The second-order valence-corrected chi connectivity index (χ2v) is 5.86. The molecule has 2 nitrogen and oxygen atoms in total. The number of hydrogen-bond donors (Lipinski definition) is 1. The first-order chi connectivity index (χ1) is 7.99. The van der Waals surface area contributed by atoms with Gasteiger partial charge in [0.2, 0.25) is 0 Å². The van der Waals surface area contributed by atoms with Gasteiger partial charge in [-0.05, 0) is 43.7 Å². The Morgan fingerprint density at radius 2 is 1.65 bits per heavy atom. The molecule has 0 aliphatic carbocycles. The summed E-state index contributed by atoms with van der Waals surface area (Å²) in [6.45, 7) is 11.3. The molecule has 17 heavy (non-hydrogen) atoms. The number of nitrogens with one attached hydrogen (secondary N) is 1. The van der Waals surface area contributed by atoms with Crippen LogP contribution in [-0.2, 0) is 0 Å². The van der Waals surface area contributed by atoms with E-state index in [9.17, 15) is 0 Å². The minimum Gasteiger partial charge on any atom is -0.468 e. The van der Waals surface area contributed by atoms with Gasteiger partial charge in [0.25, 0.3) is 0 Å². The van der Waals surface area contributed by atoms with E-state index in [4.69, 9.17) is 4.42 Å². The van der Waals surface area contributed by atoms with Crippen molar-refractivity contribution in [3.05, 3.63) is 24.2 Å². The van der Waals surface area contributed by atoms with E-state index in [1.807, 2.05) is 12.1 Å². The number of rotatable bonds is 7. The van der Waals surface area contributed by atoms with Gasteiger partial charge in [0.15, 0.2) is 0 Å². The van der Waals surface area contributed by atoms with Crippen molar-refractivity contribution >= 4 is 0 Å². The zero-order chi connectivity index (χ0) is 12.8. The minimum atomic E-state index is 0.299. The normalized spacial score (nSPS) is 13.9. The average Bonchev–Trinajstić information content (AvgIpc) is 2.67. The van der Waals surface area contributed by atoms with Crippen LogP contribution in [-0.4, -0.2) is 6.04 Å². The van der Waals surface area contributed by atoms with Crippen molar-refractivity contribution in [2.24, 2.45) is 11.8 Å². The lowest BCUT2D eigenvalue weighted by Gasteiger charge is -2.25. The van der Waals surface area contributed by atoms with E-state index in [1.165, 1.54) is 12.8 Å². The van der Waals surface area contributed by atoms with Crippen LogP contribution in [0.15, 0.2) is 22.8 Å². The molecule has 1 heterocycles. The molecule has 1 rings (SSSR count). The van der Waals surface area contributed by atoms with Crippen molar-refractivity contribution in [2.45, 2.75) is 59.5 Å². The third-order valence-corrected chi connectivity index (χ3v) is 2.97. The second kappa shape index (κ2) is 6.85. The lowest BCUT2D eigenvalue weighted by atomic mass is 9.95. The molecule has 0 aromatic carbocycles. The summed E-state index contributed by atoms with van der Waals surface area (Å²) >= 11 is 0. The van der Waals surface area contributed by atoms with Crippen LogP contribution < -0.4 is 5.32 Å². The van der Waals surface area contributed by atoms with Crippen LogP contribution >= 0.6 is 0 Å². The maximum absolute atomic E-state index is 5.44. The summed E-state index contributed by atoms with van der Waals surface area (Å²) in [6.07, 6.45) is 4.19. The number of hydrogen-bond acceptors (Lipinski definition) is 2. The molecule has 1 atom stereocenters. The van der Waals surface area contributed by atoms with Gasteiger partial charge in [-0.25, -0.2) is 0 Å². The highest BCUT2D eigenvalue weighted by Crippen LogP contribution is 2.19. The van der Waals surface area contributed by atoms with Gasteiger partial charge in [-0.3, -0.25) is 0 Å². The largest absolute Gasteiger partial charge is 0.468 e. The van der Waals surface area contributed by atoms with Crippen LogP contribution in [0.5, 0.6) is 0 Å². The topological polar surface area (TPSA) is 25.2 Å². The van der Waals surface area contributed by atoms with Crippen molar-refractivity contribution in [2.75, 3.05) is 0 Å². The zero-order valence-corrected chi connectivity index (χ0v) is 11.9. The Morgan fingerprint density at radius 1 is 1.06 bits per heavy atom. The van der Waals surface area contributed by atoms with Gasteiger partial charge in [0, 0.05) is 6.04 Å². The summed E-state index contributed by atoms with van der Waals surface area (Å²) in [5, 5.41) is 3.69. The van der Waals surface area contributed by atoms with E-state index in [0.29, 0.717) is 12.1 Å². The first-order valence-electron chi connectivity index (χ1n) is 6.78. The van der Waals surface area contributed by atoms with Crippen molar-refractivity contribution in [3.8, 4) is 0 Å². The van der Waals surface area contributed by atoms with Crippen molar-refractivity contribution in [3.63, 3.8) is 0 Å². The monoisotopic (exact) mass is 237 g/mol. The molecule has 0 fully saturated rings. The van der Waals surface area contributed by atoms with Gasteiger partial charge in [0.1, 0.15) is 5.76 Å². The molecule has 98 valence electrons. The lowest BCUT2D eigenvalue weighted by Crippen LogP contribution is -2.33. The van der Waals surface area contributed by atoms with E-state index in [1.54, 1.807) is 6.26 Å². The third kappa shape index (κ3) is 5.40. The molecule has 1 aromatic rings. The summed E-state index contributed by atoms with van der Waals surface area (Å²) in [5.41, 5.74) is 0. The molecule has 0 radical (unpaired) electrons. The van der Waals surface area contributed by atoms with Crippen LogP contribution in [0.3, 0.4) is 0 Å². The quantitative estimate of drug-likeness (QED) is 0.760. The van der Waals surface area contributed by atoms with Gasteiger partial charge in [-0.2, -0.15) is 0 Å². The molecule has 1 N–H and O–H groups in total. The van der Waals surface area contributed by atoms with Crippen molar-refractivity contribution in [1.29, 1.82) is 0 Å². The maximum Gasteiger partial charge on any atom is 0.120 e. The smallest absolute Gasteiger partial charge is 0.120 e. The van der Waals surface area contributed by atoms with Gasteiger partial charge in [-0.1, -0.05) is 27.7 Å². The highest BCUT2D eigenvalue weighted by Gasteiger charge is 2.17. The third-order valence-electron chi connectivity index (χ3n) is 2.97. The summed E-state index contributed by atoms with van der Waals surface area (Å²) in [5.74, 6) is 2.49. The molecule has 0 amide bonds. The number of furan rings is 1. The standard InChI is InChI=1S/C15H27NO/c1-11(2)9-14(10-12(3)4)16-13(5)15-7-6-8-17-15/h6-8,11-14,16H,9-10H2,1-5H3. The molecule has 1 unspecified atom stereocenters. The van der Waals surface area contributed by atoms with E-state index in [-0.39, 0.29) is 0 Å². The van der Waals surface area contributed by atoms with E-state index in [0.717, 1.165) is 17.6 Å². The summed E-state index contributed by atoms with van der Waals surface area (Å²) in [6, 6.07) is 4.87. The fourth-order valence-corrected chi connectivity index (χ4v) is 2.34. The zero-order valence-electron chi connectivity index (χ0n) is 11.9. The average molecular weight is 237 g/mol. The van der Waals surface area contributed by atoms with Crippen LogP contribution in [0.1, 0.15) is 59.3 Å². The molecule has 1 aromatic heterocycles. The Hall–Kier alpha value is -0.760. The molecule has 0 aliphatic heterocycles. The van der Waals surface area contributed by atoms with E-state index in [2.05, 4.69) is 39.9 Å². The van der Waals surface area contributed by atoms with E-state index < -0.39 is 0 Å². The Balaban J connectivity index is 2.52. The Bertz CT molecular complexity index is 280. The molecular formula is C15H27NO. The van der Waals surface area contributed by atoms with Crippen molar-refractivity contribution < 1.29 is 4.42 Å². The highest BCUT2D eigenvalue weighted by molar-refractivity contribution is 5.03. The predicted molar refractivity (Wildman–Crippen MR) is 73.0 cm³/mol. The molecule has 0 aliphatic rings. The van der Waals surface area contributed by atoms with Crippen LogP contribution in [0.25, 0.3) is 0 Å². The fourth-order valence-electron chi connectivity index (χ4n) is 2.34. The van der Waals surface area contributed by atoms with Crippen LogP contribution in [0.2, 0.25) is 0 Å². The summed E-state index contributed by atoms with van der Waals surface area (Å²) in [7, 11) is 0. The van der Waals surface area contributed by atoms with E-state index >= 15 is 0 Å². The minimum absolute atomic E-state index is 0.299. The molecular weight excluding hydrogens is 210 g/mol. The van der Waals surface area contributed by atoms with Crippen molar-refractivity contribution in [1.82, 2.24) is 5.32 Å². The maximum atomic E-state index is 5.44. The molecule has 0 saturated heterocycles. The van der Waals surface area contributed by atoms with Crippen LogP contribution in [0.4, 0.5) is 0 Å². The lowest BCUT2D eigenvalue weighted by molar-refractivity contribution is 0.314. The Morgan fingerprint density at radius 3 is 2.06 bits per heavy atom. The summed E-state index contributed by atoms with van der Waals surface area (Å²) < 4.78 is 5.44. The molecule has 0 spiro atoms. The van der Waals surface area contributed by atoms with Crippen LogP contribution in [0, 0.1) is 11.8 Å². The first-order valence-corrected chi connectivity index (χ1v) is 6.78. The van der Waals surface area contributed by atoms with Gasteiger partial charge >= 0.3 is 0 Å². The Kier molecular flexibility index (Phi) is 5.76. The van der Waals surface area contributed by atoms with Gasteiger partial charge in [0.05, 0.1) is 12.3 Å². The second-order valence-electron chi connectivity index (χ2n) is 5.86. The Labute approximate surface area is 106 Å². The molecule has 0 saturated carbocycles. The predicted octanol–water partition coefficient (Wildman–Crippen LogP) is 4.39. The SMILES string of the molecule is CC(C)CC(CC(C)C)NC(C)c1ccco1. The first kappa shape index (κ1) is 14.3. The summed E-state index contributed by atoms with van der Waals surface area (Å²) in [4.78, 5) is 0.